The van der Waals surface area contributed by atoms with E-state index in [0.29, 0.717) is 12.2 Å². The van der Waals surface area contributed by atoms with Crippen LogP contribution in [0, 0.1) is 5.82 Å². The van der Waals surface area contributed by atoms with Crippen LogP contribution in [0.25, 0.3) is 0 Å². The summed E-state index contributed by atoms with van der Waals surface area (Å²) < 4.78 is 12.9. The molecule has 0 aliphatic carbocycles. The summed E-state index contributed by atoms with van der Waals surface area (Å²) in [5.41, 5.74) is 7.08. The molecule has 0 heterocycles. The topological polar surface area (TPSA) is 58.3 Å². The minimum atomic E-state index is -0.420. The number of anilines is 2. The first kappa shape index (κ1) is 11.3. The highest BCUT2D eigenvalue weighted by atomic mass is 19.1. The first-order valence-corrected chi connectivity index (χ1v) is 5.22. The van der Waals surface area contributed by atoms with Gasteiger partial charge >= 0.3 is 0 Å². The van der Waals surface area contributed by atoms with Gasteiger partial charge in [-0.15, -0.1) is 0 Å². The average Bonchev–Trinajstić information content (AvgIpc) is 2.32. The number of hydrogen-bond donors (Lipinski definition) is 3. The molecule has 0 atom stereocenters. The number of nitrogens with one attached hydrogen (secondary N) is 1. The number of nitrogen functional groups attached to an aromatic ring is 1. The minimum Gasteiger partial charge on any atom is -0.506 e. The van der Waals surface area contributed by atoms with Gasteiger partial charge in [-0.1, -0.05) is 18.2 Å². The summed E-state index contributed by atoms with van der Waals surface area (Å²) in [5.74, 6) is -0.237. The summed E-state index contributed by atoms with van der Waals surface area (Å²) in [6, 6.07) is 11.5. The lowest BCUT2D eigenvalue weighted by atomic mass is 10.2. The summed E-state index contributed by atoms with van der Waals surface area (Å²) in [5, 5.41) is 12.6. The summed E-state index contributed by atoms with van der Waals surface area (Å²) in [6.45, 7) is 0.474. The molecular weight excluding hydrogens is 219 g/mol. The van der Waals surface area contributed by atoms with Gasteiger partial charge in [0.05, 0.1) is 11.4 Å². The molecule has 0 fully saturated rings. The van der Waals surface area contributed by atoms with Gasteiger partial charge in [-0.2, -0.15) is 0 Å². The Morgan fingerprint density at radius 1 is 1.18 bits per heavy atom. The van der Waals surface area contributed by atoms with Crippen molar-refractivity contribution < 1.29 is 9.50 Å². The van der Waals surface area contributed by atoms with E-state index in [-0.39, 0.29) is 11.4 Å². The minimum absolute atomic E-state index is 0.126. The predicted octanol–water partition coefficient (Wildman–Crippen LogP) is 2.73. The summed E-state index contributed by atoms with van der Waals surface area (Å²) >= 11 is 0. The molecule has 0 amide bonds. The molecule has 0 aliphatic rings. The third-order valence-electron chi connectivity index (χ3n) is 2.45. The van der Waals surface area contributed by atoms with Gasteiger partial charge in [0, 0.05) is 6.54 Å². The molecule has 0 bridgehead atoms. The second kappa shape index (κ2) is 4.74. The van der Waals surface area contributed by atoms with Crippen LogP contribution >= 0.6 is 0 Å². The third-order valence-corrected chi connectivity index (χ3v) is 2.45. The number of benzene rings is 2. The highest BCUT2D eigenvalue weighted by Crippen LogP contribution is 2.22. The zero-order valence-corrected chi connectivity index (χ0v) is 9.15. The van der Waals surface area contributed by atoms with Crippen molar-refractivity contribution in [1.29, 1.82) is 0 Å². The lowest BCUT2D eigenvalue weighted by Gasteiger charge is -2.08. The summed E-state index contributed by atoms with van der Waals surface area (Å²) in [7, 11) is 0. The maximum absolute atomic E-state index is 12.9. The summed E-state index contributed by atoms with van der Waals surface area (Å²) in [6.07, 6.45) is 0. The van der Waals surface area contributed by atoms with E-state index in [4.69, 9.17) is 5.73 Å². The second-order valence-electron chi connectivity index (χ2n) is 3.73. The molecule has 4 N–H and O–H groups in total. The SMILES string of the molecule is Nc1cc(CNc2ccccc2O)ccc1F. The smallest absolute Gasteiger partial charge is 0.146 e. The molecule has 0 saturated carbocycles. The van der Waals surface area contributed by atoms with Gasteiger partial charge in [-0.25, -0.2) is 4.39 Å². The van der Waals surface area contributed by atoms with Crippen LogP contribution in [0.1, 0.15) is 5.56 Å². The number of rotatable bonds is 3. The Bertz CT molecular complexity index is 529. The molecule has 2 aromatic rings. The molecule has 0 spiro atoms. The fourth-order valence-corrected chi connectivity index (χ4v) is 1.52. The fraction of sp³-hybridized carbons (Fsp3) is 0.0769. The van der Waals surface area contributed by atoms with Gasteiger partial charge < -0.3 is 16.2 Å². The van der Waals surface area contributed by atoms with Crippen molar-refractivity contribution in [2.45, 2.75) is 6.54 Å². The van der Waals surface area contributed by atoms with E-state index in [1.807, 2.05) is 6.07 Å². The van der Waals surface area contributed by atoms with Crippen LogP contribution in [0.2, 0.25) is 0 Å². The van der Waals surface area contributed by atoms with E-state index in [1.54, 1.807) is 30.3 Å². The van der Waals surface area contributed by atoms with E-state index in [0.717, 1.165) is 5.56 Å². The standard InChI is InChI=1S/C13H13FN2O/c14-10-6-5-9(7-11(10)15)8-16-12-3-1-2-4-13(12)17/h1-7,16-17H,8,15H2. The number of phenols is 1. The number of hydrogen-bond acceptors (Lipinski definition) is 3. The predicted molar refractivity (Wildman–Crippen MR) is 66.2 cm³/mol. The fourth-order valence-electron chi connectivity index (χ4n) is 1.52. The Hall–Kier alpha value is -2.23. The number of nitrogens with two attached hydrogens (primary N) is 1. The third kappa shape index (κ3) is 2.66. The van der Waals surface area contributed by atoms with Crippen molar-refractivity contribution in [2.24, 2.45) is 0 Å². The van der Waals surface area contributed by atoms with Crippen LogP contribution in [0.3, 0.4) is 0 Å². The van der Waals surface area contributed by atoms with Crippen molar-refractivity contribution in [2.75, 3.05) is 11.1 Å². The number of halogens is 1. The molecule has 17 heavy (non-hydrogen) atoms. The van der Waals surface area contributed by atoms with Crippen molar-refractivity contribution in [3.63, 3.8) is 0 Å². The van der Waals surface area contributed by atoms with Gasteiger partial charge in [0.1, 0.15) is 11.6 Å². The molecule has 4 heteroatoms. The molecule has 3 nitrogen and oxygen atoms in total. The Labute approximate surface area is 98.7 Å². The van der Waals surface area contributed by atoms with E-state index in [1.165, 1.54) is 6.07 Å². The molecule has 2 rings (SSSR count). The quantitative estimate of drug-likeness (QED) is 0.563. The molecule has 2 aromatic carbocycles. The average molecular weight is 232 g/mol. The van der Waals surface area contributed by atoms with Gasteiger partial charge in [-0.05, 0) is 29.8 Å². The van der Waals surface area contributed by atoms with Crippen molar-refractivity contribution in [1.82, 2.24) is 0 Å². The van der Waals surface area contributed by atoms with Gasteiger partial charge in [0.15, 0.2) is 0 Å². The van der Waals surface area contributed by atoms with Crippen LogP contribution in [0.15, 0.2) is 42.5 Å². The molecule has 0 unspecified atom stereocenters. The van der Waals surface area contributed by atoms with Crippen LogP contribution in [0.5, 0.6) is 5.75 Å². The molecule has 0 radical (unpaired) electrons. The highest BCUT2D eigenvalue weighted by molar-refractivity contribution is 5.55. The van der Waals surface area contributed by atoms with E-state index in [2.05, 4.69) is 5.32 Å². The lowest BCUT2D eigenvalue weighted by Crippen LogP contribution is -2.01. The Balaban J connectivity index is 2.08. The Morgan fingerprint density at radius 3 is 2.65 bits per heavy atom. The van der Waals surface area contributed by atoms with Crippen molar-refractivity contribution >= 4 is 11.4 Å². The van der Waals surface area contributed by atoms with E-state index >= 15 is 0 Å². The number of phenolic OH excluding ortho intramolecular Hbond substituents is 1. The first-order valence-electron chi connectivity index (χ1n) is 5.22. The van der Waals surface area contributed by atoms with Crippen molar-refractivity contribution in [3.05, 3.63) is 53.8 Å². The Kier molecular flexibility index (Phi) is 3.14. The zero-order valence-electron chi connectivity index (χ0n) is 9.15. The highest BCUT2D eigenvalue weighted by Gasteiger charge is 2.01. The van der Waals surface area contributed by atoms with Crippen LogP contribution < -0.4 is 11.1 Å². The van der Waals surface area contributed by atoms with Crippen LogP contribution in [0.4, 0.5) is 15.8 Å². The summed E-state index contributed by atoms with van der Waals surface area (Å²) in [4.78, 5) is 0. The number of para-hydroxylation sites is 2. The van der Waals surface area contributed by atoms with Gasteiger partial charge in [0.25, 0.3) is 0 Å². The normalized spacial score (nSPS) is 10.2. The maximum Gasteiger partial charge on any atom is 0.146 e. The van der Waals surface area contributed by atoms with Crippen molar-refractivity contribution in [3.8, 4) is 5.75 Å². The molecule has 0 aromatic heterocycles. The monoisotopic (exact) mass is 232 g/mol. The van der Waals surface area contributed by atoms with Gasteiger partial charge in [-0.3, -0.25) is 0 Å². The molecule has 0 saturated heterocycles. The zero-order chi connectivity index (χ0) is 12.3. The second-order valence-corrected chi connectivity index (χ2v) is 3.73. The maximum atomic E-state index is 12.9. The van der Waals surface area contributed by atoms with Crippen LogP contribution in [-0.2, 0) is 6.54 Å². The van der Waals surface area contributed by atoms with E-state index < -0.39 is 5.82 Å². The van der Waals surface area contributed by atoms with E-state index in [9.17, 15) is 9.50 Å². The molecular formula is C13H13FN2O. The van der Waals surface area contributed by atoms with Gasteiger partial charge in [0.2, 0.25) is 0 Å². The molecule has 88 valence electrons. The number of aromatic hydroxyl groups is 1. The largest absolute Gasteiger partial charge is 0.506 e. The lowest BCUT2D eigenvalue weighted by molar-refractivity contribution is 0.477. The molecule has 0 aliphatic heterocycles. The van der Waals surface area contributed by atoms with Crippen LogP contribution in [-0.4, -0.2) is 5.11 Å². The Morgan fingerprint density at radius 2 is 1.94 bits per heavy atom. The first-order chi connectivity index (χ1) is 8.16.